The van der Waals surface area contributed by atoms with Crippen molar-refractivity contribution in [2.24, 2.45) is 5.73 Å². The molecule has 220 valence electrons. The van der Waals surface area contributed by atoms with Gasteiger partial charge in [0, 0.05) is 41.7 Å². The number of nitrogens with two attached hydrogens (primary N) is 1. The number of carbonyl (C=O) groups excluding carboxylic acids is 1. The lowest BCUT2D eigenvalue weighted by molar-refractivity contribution is -0.117. The minimum Gasteiger partial charge on any atom is -0.488 e. The SMILES string of the molecule is COc1ncc(-c2cc(OC3CCOCC3)c3nc(CC(N)=O)nc(C)c3c2)cc1NS(=O)(=O)c1ccc(F)cc1F. The van der Waals surface area contributed by atoms with E-state index in [1.54, 1.807) is 19.1 Å². The summed E-state index contributed by atoms with van der Waals surface area (Å²) < 4.78 is 73.1. The number of primary amides is 1. The number of fused-ring (bicyclic) bond motifs is 1. The van der Waals surface area contributed by atoms with Crippen molar-refractivity contribution < 1.29 is 36.2 Å². The third-order valence-electron chi connectivity index (χ3n) is 6.60. The van der Waals surface area contributed by atoms with E-state index < -0.39 is 32.5 Å². The maximum Gasteiger partial charge on any atom is 0.264 e. The molecule has 2 aromatic carbocycles. The van der Waals surface area contributed by atoms with Gasteiger partial charge >= 0.3 is 0 Å². The molecular weight excluding hydrogens is 572 g/mol. The number of nitrogens with one attached hydrogen (secondary N) is 1. The van der Waals surface area contributed by atoms with Gasteiger partial charge in [-0.1, -0.05) is 0 Å². The summed E-state index contributed by atoms with van der Waals surface area (Å²) in [5.41, 5.74) is 7.41. The molecule has 42 heavy (non-hydrogen) atoms. The number of ether oxygens (including phenoxy) is 3. The summed E-state index contributed by atoms with van der Waals surface area (Å²) in [5.74, 6) is -2.12. The summed E-state index contributed by atoms with van der Waals surface area (Å²) in [6.07, 6.45) is 2.52. The van der Waals surface area contributed by atoms with Gasteiger partial charge in [0.05, 0.1) is 26.7 Å². The number of rotatable bonds is 9. The lowest BCUT2D eigenvalue weighted by atomic mass is 10.0. The van der Waals surface area contributed by atoms with Crippen LogP contribution < -0.4 is 19.9 Å². The van der Waals surface area contributed by atoms with Crippen molar-refractivity contribution >= 4 is 32.5 Å². The molecule has 0 bridgehead atoms. The van der Waals surface area contributed by atoms with Crippen LogP contribution in [-0.2, 0) is 26.0 Å². The van der Waals surface area contributed by atoms with E-state index in [0.717, 1.165) is 12.1 Å². The first-order chi connectivity index (χ1) is 20.0. The summed E-state index contributed by atoms with van der Waals surface area (Å²) in [4.78, 5) is 24.0. The topological polar surface area (TPSA) is 156 Å². The second-order valence-electron chi connectivity index (χ2n) is 9.63. The smallest absolute Gasteiger partial charge is 0.264 e. The van der Waals surface area contributed by atoms with Crippen LogP contribution in [0.4, 0.5) is 14.5 Å². The first-order valence-electron chi connectivity index (χ1n) is 12.9. The average Bonchev–Trinajstić information content (AvgIpc) is 2.93. The summed E-state index contributed by atoms with van der Waals surface area (Å²) >= 11 is 0. The molecule has 1 aliphatic heterocycles. The fraction of sp³-hybridized carbons (Fsp3) is 0.286. The zero-order chi connectivity index (χ0) is 30.0. The van der Waals surface area contributed by atoms with E-state index in [-0.39, 0.29) is 29.9 Å². The van der Waals surface area contributed by atoms with Crippen molar-refractivity contribution in [3.05, 3.63) is 65.7 Å². The molecule has 0 saturated carbocycles. The number of sulfonamides is 1. The van der Waals surface area contributed by atoms with Gasteiger partial charge in [0.2, 0.25) is 11.8 Å². The highest BCUT2D eigenvalue weighted by Gasteiger charge is 2.24. The first-order valence-corrected chi connectivity index (χ1v) is 14.4. The number of halogens is 2. The van der Waals surface area contributed by atoms with Crippen molar-refractivity contribution in [2.75, 3.05) is 25.0 Å². The van der Waals surface area contributed by atoms with Crippen LogP contribution in [0.15, 0.2) is 47.5 Å². The van der Waals surface area contributed by atoms with Gasteiger partial charge in [0.25, 0.3) is 10.0 Å². The van der Waals surface area contributed by atoms with Crippen molar-refractivity contribution in [3.8, 4) is 22.8 Å². The predicted octanol–water partition coefficient (Wildman–Crippen LogP) is 3.67. The Labute approximate surface area is 240 Å². The van der Waals surface area contributed by atoms with Gasteiger partial charge in [0.15, 0.2) is 0 Å². The monoisotopic (exact) mass is 599 g/mol. The highest BCUT2D eigenvalue weighted by atomic mass is 32.2. The van der Waals surface area contributed by atoms with Crippen LogP contribution in [0.1, 0.15) is 24.4 Å². The molecule has 0 radical (unpaired) electrons. The molecule has 1 fully saturated rings. The highest BCUT2D eigenvalue weighted by molar-refractivity contribution is 7.92. The molecule has 11 nitrogen and oxygen atoms in total. The molecule has 4 aromatic rings. The van der Waals surface area contributed by atoms with Crippen molar-refractivity contribution in [2.45, 2.75) is 37.2 Å². The standard InChI is InChI=1S/C28H27F2N5O6S/c1-15-20-9-16(11-23(41-19-5-7-40-8-6-19)27(20)34-26(33-15)13-25(31)36)17-10-22(28(39-2)32-14-17)35-42(37,38)24-4-3-18(29)12-21(24)30/h3-4,9-12,14,19,35H,5-8,13H2,1-2H3,(H2,31,36). The Morgan fingerprint density at radius 3 is 2.57 bits per heavy atom. The van der Waals surface area contributed by atoms with Gasteiger partial charge in [-0.05, 0) is 42.8 Å². The molecule has 14 heteroatoms. The number of hydrogen-bond donors (Lipinski definition) is 2. The second kappa shape index (κ2) is 11.8. The summed E-state index contributed by atoms with van der Waals surface area (Å²) in [5, 5.41) is 0.633. The van der Waals surface area contributed by atoms with Crippen molar-refractivity contribution in [1.82, 2.24) is 15.0 Å². The lowest BCUT2D eigenvalue weighted by Gasteiger charge is -2.24. The van der Waals surface area contributed by atoms with E-state index in [2.05, 4.69) is 19.7 Å². The predicted molar refractivity (Wildman–Crippen MR) is 149 cm³/mol. The normalized spacial score (nSPS) is 14.1. The van der Waals surface area contributed by atoms with Crippen LogP contribution in [-0.4, -0.2) is 55.7 Å². The number of anilines is 1. The van der Waals surface area contributed by atoms with Crippen molar-refractivity contribution in [1.29, 1.82) is 0 Å². The summed E-state index contributed by atoms with van der Waals surface area (Å²) in [6.45, 7) is 2.85. The third kappa shape index (κ3) is 6.24. The Bertz CT molecular complexity index is 1780. The lowest BCUT2D eigenvalue weighted by Crippen LogP contribution is -2.26. The van der Waals surface area contributed by atoms with E-state index in [4.69, 9.17) is 19.9 Å². The fourth-order valence-corrected chi connectivity index (χ4v) is 5.72. The Hall–Kier alpha value is -4.43. The minimum atomic E-state index is -4.48. The minimum absolute atomic E-state index is 0.0695. The molecule has 2 aromatic heterocycles. The van der Waals surface area contributed by atoms with Crippen LogP contribution in [0, 0.1) is 18.6 Å². The van der Waals surface area contributed by atoms with Gasteiger partial charge in [-0.15, -0.1) is 0 Å². The molecule has 0 spiro atoms. The molecular formula is C28H27F2N5O6S. The number of benzene rings is 2. The Balaban J connectivity index is 1.60. The molecule has 3 N–H and O–H groups in total. The molecule has 5 rings (SSSR count). The summed E-state index contributed by atoms with van der Waals surface area (Å²) in [6, 6.07) is 7.15. The van der Waals surface area contributed by atoms with Crippen LogP contribution in [0.2, 0.25) is 0 Å². The molecule has 1 amide bonds. The van der Waals surface area contributed by atoms with Gasteiger partial charge in [0.1, 0.15) is 45.4 Å². The van der Waals surface area contributed by atoms with Gasteiger partial charge in [-0.25, -0.2) is 32.2 Å². The molecule has 1 saturated heterocycles. The molecule has 0 aliphatic carbocycles. The zero-order valence-corrected chi connectivity index (χ0v) is 23.5. The van der Waals surface area contributed by atoms with Crippen LogP contribution >= 0.6 is 0 Å². The van der Waals surface area contributed by atoms with Gasteiger partial charge in [-0.2, -0.15) is 0 Å². The second-order valence-corrected chi connectivity index (χ2v) is 11.3. The largest absolute Gasteiger partial charge is 0.488 e. The number of hydrogen-bond acceptors (Lipinski definition) is 9. The average molecular weight is 600 g/mol. The van der Waals surface area contributed by atoms with Crippen LogP contribution in [0.3, 0.4) is 0 Å². The Kier molecular flexibility index (Phi) is 8.18. The number of aromatic nitrogens is 3. The Morgan fingerprint density at radius 1 is 1.12 bits per heavy atom. The van der Waals surface area contributed by atoms with E-state index in [1.807, 2.05) is 0 Å². The maximum absolute atomic E-state index is 14.3. The molecule has 0 unspecified atom stereocenters. The maximum atomic E-state index is 14.3. The van der Waals surface area contributed by atoms with Crippen LogP contribution in [0.25, 0.3) is 22.0 Å². The molecule has 0 atom stereocenters. The first kappa shape index (κ1) is 29.1. The molecule has 3 heterocycles. The van der Waals surface area contributed by atoms with E-state index >= 15 is 0 Å². The van der Waals surface area contributed by atoms with Crippen molar-refractivity contribution in [3.63, 3.8) is 0 Å². The van der Waals surface area contributed by atoms with E-state index in [9.17, 15) is 22.0 Å². The zero-order valence-electron chi connectivity index (χ0n) is 22.7. The number of nitrogens with zero attached hydrogens (tertiary/aromatic N) is 3. The number of pyridine rings is 1. The number of carbonyl (C=O) groups is 1. The highest BCUT2D eigenvalue weighted by Crippen LogP contribution is 2.37. The fourth-order valence-electron chi connectivity index (χ4n) is 4.61. The van der Waals surface area contributed by atoms with Gasteiger partial charge in [-0.3, -0.25) is 9.52 Å². The molecule has 1 aliphatic rings. The van der Waals surface area contributed by atoms with E-state index in [0.29, 0.717) is 65.6 Å². The van der Waals surface area contributed by atoms with Gasteiger partial charge < -0.3 is 19.9 Å². The van der Waals surface area contributed by atoms with E-state index in [1.165, 1.54) is 19.4 Å². The number of amides is 1. The quantitative estimate of drug-likeness (QED) is 0.293. The van der Waals surface area contributed by atoms with Crippen LogP contribution in [0.5, 0.6) is 11.6 Å². The Morgan fingerprint density at radius 2 is 1.88 bits per heavy atom. The number of methoxy groups -OCH3 is 1. The summed E-state index contributed by atoms with van der Waals surface area (Å²) in [7, 11) is -3.18. The third-order valence-corrected chi connectivity index (χ3v) is 8.00. The number of aryl methyl sites for hydroxylation is 1.